The highest BCUT2D eigenvalue weighted by molar-refractivity contribution is 6.30. The maximum atomic E-state index is 11.3. The fourth-order valence-corrected chi connectivity index (χ4v) is 1.35. The maximum Gasteiger partial charge on any atom is 0.314 e. The van der Waals surface area contributed by atoms with Crippen LogP contribution in [-0.4, -0.2) is 25.7 Å². The van der Waals surface area contributed by atoms with Crippen LogP contribution in [0.15, 0.2) is 24.3 Å². The van der Waals surface area contributed by atoms with Crippen LogP contribution >= 0.6 is 11.6 Å². The van der Waals surface area contributed by atoms with Crippen LogP contribution < -0.4 is 15.4 Å². The normalized spacial score (nSPS) is 10.2. The van der Waals surface area contributed by atoms with Gasteiger partial charge < -0.3 is 15.4 Å². The molecule has 0 aliphatic heterocycles. The smallest absolute Gasteiger partial charge is 0.314 e. The van der Waals surface area contributed by atoms with E-state index in [4.69, 9.17) is 16.3 Å². The minimum Gasteiger partial charge on any atom is -0.492 e. The molecule has 5 heteroatoms. The summed E-state index contributed by atoms with van der Waals surface area (Å²) in [5, 5.41) is 6.16. The maximum absolute atomic E-state index is 11.3. The second kappa shape index (κ2) is 7.82. The lowest BCUT2D eigenvalue weighted by atomic mass is 10.2. The van der Waals surface area contributed by atoms with Crippen molar-refractivity contribution in [3.8, 4) is 5.75 Å². The Morgan fingerprint density at radius 3 is 2.56 bits per heavy atom. The molecule has 0 radical (unpaired) electrons. The first kappa shape index (κ1) is 14.6. The van der Waals surface area contributed by atoms with E-state index in [1.54, 1.807) is 24.3 Å². The van der Waals surface area contributed by atoms with Gasteiger partial charge in [-0.05, 0) is 30.2 Å². The van der Waals surface area contributed by atoms with Crippen molar-refractivity contribution in [2.75, 3.05) is 19.7 Å². The molecule has 0 aromatic heterocycles. The fraction of sp³-hybridized carbons (Fsp3) is 0.462. The summed E-state index contributed by atoms with van der Waals surface area (Å²) in [5.41, 5.74) is 0. The topological polar surface area (TPSA) is 50.4 Å². The van der Waals surface area contributed by atoms with Gasteiger partial charge in [0.25, 0.3) is 0 Å². The number of rotatable bonds is 6. The number of hydrogen-bond acceptors (Lipinski definition) is 2. The molecule has 2 N–H and O–H groups in total. The standard InChI is InChI=1S/C13H19ClN2O2/c1-10(2)9-16-13(17)15-7-8-18-12-5-3-11(14)4-6-12/h3-6,10H,7-9H2,1-2H3,(H2,15,16,17). The van der Waals surface area contributed by atoms with Crippen molar-refractivity contribution >= 4 is 17.6 Å². The zero-order chi connectivity index (χ0) is 13.4. The Kier molecular flexibility index (Phi) is 6.36. The van der Waals surface area contributed by atoms with E-state index in [1.807, 2.05) is 13.8 Å². The Balaban J connectivity index is 2.11. The van der Waals surface area contributed by atoms with Gasteiger partial charge in [-0.1, -0.05) is 25.4 Å². The van der Waals surface area contributed by atoms with Crippen LogP contribution in [0.2, 0.25) is 5.02 Å². The summed E-state index contributed by atoms with van der Waals surface area (Å²) in [6.45, 7) is 5.65. The molecule has 0 fully saturated rings. The van der Waals surface area contributed by atoms with Gasteiger partial charge in [0.2, 0.25) is 0 Å². The number of urea groups is 1. The molecule has 0 unspecified atom stereocenters. The molecule has 0 saturated carbocycles. The summed E-state index contributed by atoms with van der Waals surface area (Å²) in [7, 11) is 0. The summed E-state index contributed by atoms with van der Waals surface area (Å²) < 4.78 is 5.44. The number of benzene rings is 1. The zero-order valence-corrected chi connectivity index (χ0v) is 11.5. The van der Waals surface area contributed by atoms with Crippen molar-refractivity contribution in [3.63, 3.8) is 0 Å². The lowest BCUT2D eigenvalue weighted by Gasteiger charge is -2.10. The molecule has 2 amide bonds. The highest BCUT2D eigenvalue weighted by Crippen LogP contribution is 2.14. The minimum atomic E-state index is -0.164. The SMILES string of the molecule is CC(C)CNC(=O)NCCOc1ccc(Cl)cc1. The van der Waals surface area contributed by atoms with Gasteiger partial charge in [-0.25, -0.2) is 4.79 Å². The lowest BCUT2D eigenvalue weighted by Crippen LogP contribution is -2.39. The van der Waals surface area contributed by atoms with Crippen molar-refractivity contribution in [2.45, 2.75) is 13.8 Å². The summed E-state index contributed by atoms with van der Waals surface area (Å²) in [5.74, 6) is 1.19. The van der Waals surface area contributed by atoms with Crippen molar-refractivity contribution in [1.29, 1.82) is 0 Å². The zero-order valence-electron chi connectivity index (χ0n) is 10.7. The van der Waals surface area contributed by atoms with Gasteiger partial charge in [-0.2, -0.15) is 0 Å². The quantitative estimate of drug-likeness (QED) is 0.781. The second-order valence-electron chi connectivity index (χ2n) is 4.33. The second-order valence-corrected chi connectivity index (χ2v) is 4.77. The highest BCUT2D eigenvalue weighted by Gasteiger charge is 2.00. The van der Waals surface area contributed by atoms with Crippen LogP contribution in [-0.2, 0) is 0 Å². The Labute approximate surface area is 113 Å². The average Bonchev–Trinajstić information content (AvgIpc) is 2.34. The third-order valence-corrected chi connectivity index (χ3v) is 2.39. The van der Waals surface area contributed by atoms with E-state index in [0.717, 1.165) is 5.75 Å². The Morgan fingerprint density at radius 2 is 1.94 bits per heavy atom. The first-order valence-electron chi connectivity index (χ1n) is 5.98. The van der Waals surface area contributed by atoms with Crippen molar-refractivity contribution < 1.29 is 9.53 Å². The summed E-state index contributed by atoms with van der Waals surface area (Å²) >= 11 is 5.75. The van der Waals surface area contributed by atoms with Crippen LogP contribution in [0.1, 0.15) is 13.8 Å². The number of hydrogen-bond donors (Lipinski definition) is 2. The minimum absolute atomic E-state index is 0.164. The molecular weight excluding hydrogens is 252 g/mol. The predicted octanol–water partition coefficient (Wildman–Crippen LogP) is 2.67. The molecule has 0 bridgehead atoms. The third kappa shape index (κ3) is 6.35. The molecule has 1 aromatic carbocycles. The first-order valence-corrected chi connectivity index (χ1v) is 6.36. The molecule has 1 aromatic rings. The van der Waals surface area contributed by atoms with Crippen LogP contribution in [0, 0.1) is 5.92 Å². The van der Waals surface area contributed by atoms with Gasteiger partial charge in [0.1, 0.15) is 12.4 Å². The molecule has 1 rings (SSSR count). The average molecular weight is 271 g/mol. The molecule has 100 valence electrons. The largest absolute Gasteiger partial charge is 0.492 e. The number of carbonyl (C=O) groups is 1. The molecule has 18 heavy (non-hydrogen) atoms. The monoisotopic (exact) mass is 270 g/mol. The van der Waals surface area contributed by atoms with Gasteiger partial charge >= 0.3 is 6.03 Å². The van der Waals surface area contributed by atoms with Crippen molar-refractivity contribution in [3.05, 3.63) is 29.3 Å². The summed E-state index contributed by atoms with van der Waals surface area (Å²) in [4.78, 5) is 11.3. The van der Waals surface area contributed by atoms with Crippen LogP contribution in [0.3, 0.4) is 0 Å². The van der Waals surface area contributed by atoms with Gasteiger partial charge in [0.15, 0.2) is 0 Å². The predicted molar refractivity (Wildman–Crippen MR) is 73.2 cm³/mol. The fourth-order valence-electron chi connectivity index (χ4n) is 1.22. The molecule has 0 atom stereocenters. The Bertz CT molecular complexity index is 366. The lowest BCUT2D eigenvalue weighted by molar-refractivity contribution is 0.235. The van der Waals surface area contributed by atoms with E-state index < -0.39 is 0 Å². The van der Waals surface area contributed by atoms with Gasteiger partial charge in [-0.15, -0.1) is 0 Å². The van der Waals surface area contributed by atoms with Crippen molar-refractivity contribution in [2.24, 2.45) is 5.92 Å². The van der Waals surface area contributed by atoms with Gasteiger partial charge in [-0.3, -0.25) is 0 Å². The number of halogens is 1. The van der Waals surface area contributed by atoms with E-state index >= 15 is 0 Å². The molecule has 0 saturated heterocycles. The molecule has 4 nitrogen and oxygen atoms in total. The van der Waals surface area contributed by atoms with Gasteiger partial charge in [0, 0.05) is 11.6 Å². The summed E-state index contributed by atoms with van der Waals surface area (Å²) in [6, 6.07) is 6.95. The molecule has 0 heterocycles. The molecular formula is C13H19ClN2O2. The van der Waals surface area contributed by atoms with E-state index in [1.165, 1.54) is 0 Å². The van der Waals surface area contributed by atoms with Crippen LogP contribution in [0.25, 0.3) is 0 Å². The number of ether oxygens (including phenoxy) is 1. The third-order valence-electron chi connectivity index (χ3n) is 2.14. The highest BCUT2D eigenvalue weighted by atomic mass is 35.5. The van der Waals surface area contributed by atoms with E-state index in [2.05, 4.69) is 10.6 Å². The molecule has 0 spiro atoms. The van der Waals surface area contributed by atoms with E-state index in [0.29, 0.717) is 30.6 Å². The van der Waals surface area contributed by atoms with Crippen LogP contribution in [0.4, 0.5) is 4.79 Å². The Hall–Kier alpha value is -1.42. The number of carbonyl (C=O) groups excluding carboxylic acids is 1. The number of nitrogens with one attached hydrogen (secondary N) is 2. The van der Waals surface area contributed by atoms with Crippen molar-refractivity contribution in [1.82, 2.24) is 10.6 Å². The molecule has 0 aliphatic carbocycles. The Morgan fingerprint density at radius 1 is 1.28 bits per heavy atom. The first-order chi connectivity index (χ1) is 8.58. The van der Waals surface area contributed by atoms with Crippen LogP contribution in [0.5, 0.6) is 5.75 Å². The molecule has 0 aliphatic rings. The number of amides is 2. The van der Waals surface area contributed by atoms with E-state index in [9.17, 15) is 4.79 Å². The van der Waals surface area contributed by atoms with Gasteiger partial charge in [0.05, 0.1) is 6.54 Å². The van der Waals surface area contributed by atoms with E-state index in [-0.39, 0.29) is 6.03 Å². The summed E-state index contributed by atoms with van der Waals surface area (Å²) in [6.07, 6.45) is 0.